The summed E-state index contributed by atoms with van der Waals surface area (Å²) in [4.78, 5) is 14.5. The number of hydrogen-bond donors (Lipinski definition) is 1. The van der Waals surface area contributed by atoms with Gasteiger partial charge < -0.3 is 10.2 Å². The van der Waals surface area contributed by atoms with E-state index in [-0.39, 0.29) is 17.4 Å². The first kappa shape index (κ1) is 15.3. The van der Waals surface area contributed by atoms with Crippen LogP contribution in [0, 0.1) is 5.41 Å². The van der Waals surface area contributed by atoms with Crippen molar-refractivity contribution in [3.05, 3.63) is 34.9 Å². The first-order valence-corrected chi connectivity index (χ1v) is 7.51. The predicted octanol–water partition coefficient (Wildman–Crippen LogP) is 3.25. The molecule has 0 bridgehead atoms. The van der Waals surface area contributed by atoms with Crippen LogP contribution >= 0.6 is 11.6 Å². The second kappa shape index (κ2) is 6.15. The standard InChI is InChI=1S/C16H23ClN2O/c1-16(2,3)10-15(20)19-9-8-18-11-14(19)12-6-4-5-7-13(12)17/h4-7,14,18H,8-11H2,1-3H3. The van der Waals surface area contributed by atoms with Gasteiger partial charge in [-0.05, 0) is 17.0 Å². The molecule has 0 aliphatic carbocycles. The highest BCUT2D eigenvalue weighted by Gasteiger charge is 2.30. The normalized spacial score (nSPS) is 20.0. The molecular formula is C16H23ClN2O. The Balaban J connectivity index is 2.22. The maximum Gasteiger partial charge on any atom is 0.223 e. The van der Waals surface area contributed by atoms with Crippen LogP contribution in [0.2, 0.25) is 5.02 Å². The molecule has 1 aromatic carbocycles. The Hall–Kier alpha value is -1.06. The third-order valence-electron chi connectivity index (χ3n) is 3.51. The van der Waals surface area contributed by atoms with E-state index >= 15 is 0 Å². The van der Waals surface area contributed by atoms with Crippen LogP contribution in [-0.2, 0) is 4.79 Å². The summed E-state index contributed by atoms with van der Waals surface area (Å²) in [5.41, 5.74) is 1.04. The molecule has 1 unspecified atom stereocenters. The van der Waals surface area contributed by atoms with E-state index in [4.69, 9.17) is 11.6 Å². The van der Waals surface area contributed by atoms with Crippen LogP contribution in [0.5, 0.6) is 0 Å². The van der Waals surface area contributed by atoms with E-state index in [9.17, 15) is 4.79 Å². The quantitative estimate of drug-likeness (QED) is 0.908. The zero-order valence-corrected chi connectivity index (χ0v) is 13.2. The Morgan fingerprint density at radius 3 is 2.75 bits per heavy atom. The maximum atomic E-state index is 12.6. The number of piperazine rings is 1. The average molecular weight is 295 g/mol. The highest BCUT2D eigenvalue weighted by Crippen LogP contribution is 2.30. The van der Waals surface area contributed by atoms with Crippen molar-refractivity contribution < 1.29 is 4.79 Å². The molecule has 110 valence electrons. The first-order valence-electron chi connectivity index (χ1n) is 7.13. The Bertz CT molecular complexity index is 482. The van der Waals surface area contributed by atoms with Crippen molar-refractivity contribution in [2.24, 2.45) is 5.41 Å². The van der Waals surface area contributed by atoms with Crippen molar-refractivity contribution in [2.75, 3.05) is 19.6 Å². The molecule has 1 atom stereocenters. The Morgan fingerprint density at radius 2 is 2.10 bits per heavy atom. The van der Waals surface area contributed by atoms with Gasteiger partial charge in [0.15, 0.2) is 0 Å². The molecule has 4 heteroatoms. The van der Waals surface area contributed by atoms with Gasteiger partial charge in [0.05, 0.1) is 6.04 Å². The summed E-state index contributed by atoms with van der Waals surface area (Å²) in [5, 5.41) is 4.09. The molecule has 1 amide bonds. The highest BCUT2D eigenvalue weighted by atomic mass is 35.5. The summed E-state index contributed by atoms with van der Waals surface area (Å²) >= 11 is 6.29. The lowest BCUT2D eigenvalue weighted by Gasteiger charge is -2.38. The van der Waals surface area contributed by atoms with Gasteiger partial charge in [0.1, 0.15) is 0 Å². The molecule has 1 aliphatic heterocycles. The molecule has 2 rings (SSSR count). The van der Waals surface area contributed by atoms with Crippen molar-refractivity contribution in [1.82, 2.24) is 10.2 Å². The number of nitrogens with zero attached hydrogens (tertiary/aromatic N) is 1. The fraction of sp³-hybridized carbons (Fsp3) is 0.562. The van der Waals surface area contributed by atoms with Crippen molar-refractivity contribution in [3.8, 4) is 0 Å². The molecule has 1 saturated heterocycles. The van der Waals surface area contributed by atoms with Crippen LogP contribution in [0.4, 0.5) is 0 Å². The summed E-state index contributed by atoms with van der Waals surface area (Å²) in [5.74, 6) is 0.212. The third kappa shape index (κ3) is 3.74. The van der Waals surface area contributed by atoms with Crippen LogP contribution < -0.4 is 5.32 Å². The lowest BCUT2D eigenvalue weighted by molar-refractivity contribution is -0.136. The number of hydrogen-bond acceptors (Lipinski definition) is 2. The molecule has 3 nitrogen and oxygen atoms in total. The monoisotopic (exact) mass is 294 g/mol. The van der Waals surface area contributed by atoms with Gasteiger partial charge in [-0.3, -0.25) is 4.79 Å². The van der Waals surface area contributed by atoms with Crippen LogP contribution in [0.15, 0.2) is 24.3 Å². The summed E-state index contributed by atoms with van der Waals surface area (Å²) in [6.07, 6.45) is 0.563. The van der Waals surface area contributed by atoms with Crippen LogP contribution in [0.3, 0.4) is 0 Å². The van der Waals surface area contributed by atoms with Gasteiger partial charge in [0.25, 0.3) is 0 Å². The number of carbonyl (C=O) groups excluding carboxylic acids is 1. The highest BCUT2D eigenvalue weighted by molar-refractivity contribution is 6.31. The zero-order chi connectivity index (χ0) is 14.8. The molecule has 1 aliphatic rings. The average Bonchev–Trinajstić information content (AvgIpc) is 2.37. The minimum absolute atomic E-state index is 0.00694. The Kier molecular flexibility index (Phi) is 4.71. The van der Waals surface area contributed by atoms with Gasteiger partial charge in [0.2, 0.25) is 5.91 Å². The summed E-state index contributed by atoms with van der Waals surface area (Å²) in [6, 6.07) is 7.83. The third-order valence-corrected chi connectivity index (χ3v) is 3.85. The number of amides is 1. The van der Waals surface area contributed by atoms with Crippen LogP contribution in [-0.4, -0.2) is 30.4 Å². The van der Waals surface area contributed by atoms with E-state index < -0.39 is 0 Å². The van der Waals surface area contributed by atoms with Crippen molar-refractivity contribution in [2.45, 2.75) is 33.2 Å². The van der Waals surface area contributed by atoms with E-state index in [1.807, 2.05) is 29.2 Å². The second-order valence-corrected chi connectivity index (χ2v) is 6.97. The second-order valence-electron chi connectivity index (χ2n) is 6.57. The lowest BCUT2D eigenvalue weighted by atomic mass is 9.90. The van der Waals surface area contributed by atoms with Crippen molar-refractivity contribution in [3.63, 3.8) is 0 Å². The van der Waals surface area contributed by atoms with E-state index in [1.165, 1.54) is 0 Å². The number of halogens is 1. The van der Waals surface area contributed by atoms with E-state index in [0.717, 1.165) is 30.2 Å². The summed E-state index contributed by atoms with van der Waals surface area (Å²) in [6.45, 7) is 8.63. The predicted molar refractivity (Wildman–Crippen MR) is 82.8 cm³/mol. The number of rotatable bonds is 2. The fourth-order valence-corrected chi connectivity index (χ4v) is 2.84. The molecule has 1 N–H and O–H groups in total. The minimum Gasteiger partial charge on any atom is -0.333 e. The maximum absolute atomic E-state index is 12.6. The number of benzene rings is 1. The lowest BCUT2D eigenvalue weighted by Crippen LogP contribution is -2.49. The van der Waals surface area contributed by atoms with Gasteiger partial charge in [-0.15, -0.1) is 0 Å². The largest absolute Gasteiger partial charge is 0.333 e. The van der Waals surface area contributed by atoms with E-state index in [0.29, 0.717) is 6.42 Å². The molecule has 0 aromatic heterocycles. The van der Waals surface area contributed by atoms with Crippen LogP contribution in [0.25, 0.3) is 0 Å². The van der Waals surface area contributed by atoms with Crippen LogP contribution in [0.1, 0.15) is 38.8 Å². The van der Waals surface area contributed by atoms with Gasteiger partial charge >= 0.3 is 0 Å². The smallest absolute Gasteiger partial charge is 0.223 e. The molecule has 0 spiro atoms. The van der Waals surface area contributed by atoms with Gasteiger partial charge in [-0.2, -0.15) is 0 Å². The van der Waals surface area contributed by atoms with E-state index in [1.54, 1.807) is 0 Å². The van der Waals surface area contributed by atoms with Gasteiger partial charge in [-0.25, -0.2) is 0 Å². The topological polar surface area (TPSA) is 32.3 Å². The molecule has 1 heterocycles. The molecule has 1 fully saturated rings. The molecule has 0 radical (unpaired) electrons. The Labute approximate surface area is 126 Å². The molecule has 0 saturated carbocycles. The SMILES string of the molecule is CC(C)(C)CC(=O)N1CCNCC1c1ccccc1Cl. The first-order chi connectivity index (χ1) is 9.38. The van der Waals surface area contributed by atoms with Crippen molar-refractivity contribution in [1.29, 1.82) is 0 Å². The fourth-order valence-electron chi connectivity index (χ4n) is 2.58. The number of carbonyl (C=O) groups is 1. The molecular weight excluding hydrogens is 272 g/mol. The van der Waals surface area contributed by atoms with Gasteiger partial charge in [0, 0.05) is 31.1 Å². The molecule has 20 heavy (non-hydrogen) atoms. The molecule has 1 aromatic rings. The van der Waals surface area contributed by atoms with E-state index in [2.05, 4.69) is 26.1 Å². The summed E-state index contributed by atoms with van der Waals surface area (Å²) < 4.78 is 0. The Morgan fingerprint density at radius 1 is 1.40 bits per heavy atom. The zero-order valence-electron chi connectivity index (χ0n) is 12.4. The van der Waals surface area contributed by atoms with Gasteiger partial charge in [-0.1, -0.05) is 50.6 Å². The number of nitrogens with one attached hydrogen (secondary N) is 1. The minimum atomic E-state index is 0.00694. The van der Waals surface area contributed by atoms with Crippen molar-refractivity contribution >= 4 is 17.5 Å². The summed E-state index contributed by atoms with van der Waals surface area (Å²) in [7, 11) is 0.